The van der Waals surface area contributed by atoms with Crippen molar-refractivity contribution in [1.82, 2.24) is 0 Å². The van der Waals surface area contributed by atoms with Crippen molar-refractivity contribution in [1.29, 1.82) is 0 Å². The Balaban J connectivity index is 2.20. The number of nitrogens with zero attached hydrogens (tertiary/aromatic N) is 1. The van der Waals surface area contributed by atoms with Crippen LogP contribution in [0.5, 0.6) is 0 Å². The van der Waals surface area contributed by atoms with Crippen LogP contribution in [-0.4, -0.2) is 0 Å². The van der Waals surface area contributed by atoms with Crippen LogP contribution < -0.4 is 4.57 Å². The molecule has 0 saturated heterocycles. The zero-order valence-electron chi connectivity index (χ0n) is 17.0. The van der Waals surface area contributed by atoms with Crippen molar-refractivity contribution in [3.05, 3.63) is 65.9 Å². The van der Waals surface area contributed by atoms with Gasteiger partial charge in [0.1, 0.15) is 0 Å². The summed E-state index contributed by atoms with van der Waals surface area (Å²) in [5.41, 5.74) is 7.06. The van der Waals surface area contributed by atoms with Crippen molar-refractivity contribution in [3.63, 3.8) is 0 Å². The van der Waals surface area contributed by atoms with Crippen LogP contribution in [0.3, 0.4) is 0 Å². The van der Waals surface area contributed by atoms with Gasteiger partial charge in [-0.05, 0) is 48.9 Å². The minimum atomic E-state index is 0.0129. The van der Waals surface area contributed by atoms with E-state index < -0.39 is 0 Å². The average Bonchev–Trinajstić information content (AvgIpc) is 2.67. The van der Waals surface area contributed by atoms with Crippen LogP contribution in [0.4, 0.5) is 0 Å². The molecule has 0 amide bonds. The van der Waals surface area contributed by atoms with Crippen molar-refractivity contribution in [2.45, 2.75) is 77.7 Å². The van der Waals surface area contributed by atoms with Crippen LogP contribution in [-0.2, 0) is 11.8 Å². The van der Waals surface area contributed by atoms with Gasteiger partial charge in [0.05, 0.1) is 11.0 Å². The Labute approximate surface area is 159 Å². The molecule has 0 saturated carbocycles. The Morgan fingerprint density at radius 2 is 1.92 bits per heavy atom. The van der Waals surface area contributed by atoms with E-state index in [2.05, 4.69) is 81.4 Å². The van der Waals surface area contributed by atoms with Gasteiger partial charge in [0, 0.05) is 18.6 Å². The number of benzene rings is 1. The van der Waals surface area contributed by atoms with Gasteiger partial charge in [0.25, 0.3) is 0 Å². The molecule has 2 unspecified atom stereocenters. The Kier molecular flexibility index (Phi) is 5.65. The third-order valence-corrected chi connectivity index (χ3v) is 6.34. The summed E-state index contributed by atoms with van der Waals surface area (Å²) in [7, 11) is 0. The van der Waals surface area contributed by atoms with Crippen LogP contribution in [0.15, 0.2) is 49.2 Å². The zero-order valence-corrected chi connectivity index (χ0v) is 17.0. The van der Waals surface area contributed by atoms with Gasteiger partial charge in [-0.15, -0.1) is 6.58 Å². The van der Waals surface area contributed by atoms with Gasteiger partial charge < -0.3 is 0 Å². The van der Waals surface area contributed by atoms with Gasteiger partial charge in [-0.2, -0.15) is 4.57 Å². The van der Waals surface area contributed by atoms with Crippen molar-refractivity contribution < 1.29 is 4.57 Å². The summed E-state index contributed by atoms with van der Waals surface area (Å²) in [4.78, 5) is 0. The van der Waals surface area contributed by atoms with Crippen molar-refractivity contribution in [2.75, 3.05) is 0 Å². The van der Waals surface area contributed by atoms with E-state index in [1.165, 1.54) is 53.6 Å². The SMILES string of the molecule is C=CC1(CC)c2ccc(CCCCC)cc2-c2cc(C)cc[n+]2C1CC. The second kappa shape index (κ2) is 7.78. The summed E-state index contributed by atoms with van der Waals surface area (Å²) in [5.74, 6) is 0. The third kappa shape index (κ3) is 3.02. The largest absolute Gasteiger partial charge is 0.213 e. The molecule has 3 rings (SSSR count). The number of unbranched alkanes of at least 4 members (excludes halogenated alkanes) is 2. The number of pyridine rings is 1. The van der Waals surface area contributed by atoms with E-state index in [4.69, 9.17) is 0 Å². The quantitative estimate of drug-likeness (QED) is 0.306. The smallest absolute Gasteiger partial charge is 0.194 e. The lowest BCUT2D eigenvalue weighted by Gasteiger charge is -2.39. The molecule has 0 radical (unpaired) electrons. The molecule has 26 heavy (non-hydrogen) atoms. The van der Waals surface area contributed by atoms with Gasteiger partial charge in [-0.25, -0.2) is 0 Å². The fourth-order valence-electron chi connectivity index (χ4n) is 4.85. The molecule has 0 N–H and O–H groups in total. The van der Waals surface area contributed by atoms with E-state index >= 15 is 0 Å². The molecular formula is C25H34N+. The predicted octanol–water partition coefficient (Wildman–Crippen LogP) is 6.48. The van der Waals surface area contributed by atoms with Crippen LogP contribution in [0.1, 0.15) is 75.6 Å². The maximum atomic E-state index is 4.28. The van der Waals surface area contributed by atoms with Crippen LogP contribution >= 0.6 is 0 Å². The molecule has 1 nitrogen and oxygen atoms in total. The Bertz CT molecular complexity index is 789. The number of rotatable bonds is 7. The molecule has 2 atom stereocenters. The molecule has 1 aromatic heterocycles. The van der Waals surface area contributed by atoms with E-state index in [1.54, 1.807) is 0 Å². The van der Waals surface area contributed by atoms with Crippen molar-refractivity contribution in [3.8, 4) is 11.3 Å². The average molecular weight is 349 g/mol. The highest BCUT2D eigenvalue weighted by atomic mass is 15.0. The highest BCUT2D eigenvalue weighted by Crippen LogP contribution is 2.47. The first-order valence-corrected chi connectivity index (χ1v) is 10.4. The van der Waals surface area contributed by atoms with Gasteiger partial charge >= 0.3 is 0 Å². The highest BCUT2D eigenvalue weighted by Gasteiger charge is 2.48. The number of fused-ring (bicyclic) bond motifs is 3. The number of allylic oxidation sites excluding steroid dienone is 1. The molecule has 0 fully saturated rings. The summed E-state index contributed by atoms with van der Waals surface area (Å²) >= 11 is 0. The van der Waals surface area contributed by atoms with E-state index in [0.29, 0.717) is 6.04 Å². The maximum Gasteiger partial charge on any atom is 0.213 e. The number of aryl methyl sites for hydroxylation is 2. The second-order valence-corrected chi connectivity index (χ2v) is 7.86. The molecule has 2 aromatic rings. The molecule has 1 aliphatic rings. The van der Waals surface area contributed by atoms with E-state index in [1.807, 2.05) is 0 Å². The van der Waals surface area contributed by atoms with Crippen LogP contribution in [0.25, 0.3) is 11.3 Å². The lowest BCUT2D eigenvalue weighted by Crippen LogP contribution is -2.54. The first kappa shape index (κ1) is 18.9. The minimum Gasteiger partial charge on any atom is -0.194 e. The molecule has 138 valence electrons. The Hall–Kier alpha value is -1.89. The highest BCUT2D eigenvalue weighted by molar-refractivity contribution is 5.67. The Morgan fingerprint density at radius 1 is 1.12 bits per heavy atom. The third-order valence-electron chi connectivity index (χ3n) is 6.34. The van der Waals surface area contributed by atoms with Crippen molar-refractivity contribution in [2.24, 2.45) is 0 Å². The molecule has 1 aromatic carbocycles. The lowest BCUT2D eigenvalue weighted by molar-refractivity contribution is -0.723. The fraction of sp³-hybridized carbons (Fsp3) is 0.480. The lowest BCUT2D eigenvalue weighted by atomic mass is 9.66. The molecule has 2 heterocycles. The molecule has 1 heteroatoms. The first-order valence-electron chi connectivity index (χ1n) is 10.4. The van der Waals surface area contributed by atoms with E-state index in [-0.39, 0.29) is 5.41 Å². The summed E-state index contributed by atoms with van der Waals surface area (Å²) in [5, 5.41) is 0. The van der Waals surface area contributed by atoms with Gasteiger partial charge in [0.15, 0.2) is 12.2 Å². The zero-order chi connectivity index (χ0) is 18.7. The first-order chi connectivity index (χ1) is 12.6. The van der Waals surface area contributed by atoms with Gasteiger partial charge in [-0.3, -0.25) is 0 Å². The summed E-state index contributed by atoms with van der Waals surface area (Å²) in [6.07, 6.45) is 11.7. The molecule has 1 aliphatic heterocycles. The van der Waals surface area contributed by atoms with Gasteiger partial charge in [-0.1, -0.05) is 51.8 Å². The molecule has 0 aliphatic carbocycles. The number of hydrogen-bond acceptors (Lipinski definition) is 0. The van der Waals surface area contributed by atoms with Crippen molar-refractivity contribution >= 4 is 0 Å². The topological polar surface area (TPSA) is 3.88 Å². The molecule has 0 bridgehead atoms. The Morgan fingerprint density at radius 3 is 2.58 bits per heavy atom. The fourth-order valence-corrected chi connectivity index (χ4v) is 4.85. The van der Waals surface area contributed by atoms with E-state index in [0.717, 1.165) is 12.8 Å². The number of aromatic nitrogens is 1. The minimum absolute atomic E-state index is 0.0129. The monoisotopic (exact) mass is 348 g/mol. The maximum absolute atomic E-state index is 4.28. The van der Waals surface area contributed by atoms with Crippen LogP contribution in [0.2, 0.25) is 0 Å². The van der Waals surface area contributed by atoms with Gasteiger partial charge in [0.2, 0.25) is 5.69 Å². The normalized spacial score (nSPS) is 21.2. The molecular weight excluding hydrogens is 314 g/mol. The summed E-state index contributed by atoms with van der Waals surface area (Å²) < 4.78 is 2.51. The standard InChI is InChI=1S/C25H34N/c1-6-10-11-12-20-13-14-22-21(18-20)23-17-19(5)15-16-26(23)24(7-2)25(22,8-3)9-4/h8,13-18,24H,3,6-7,9-12H2,1-2,4-5H3/q+1. The second-order valence-electron chi connectivity index (χ2n) is 7.86. The predicted molar refractivity (Wildman–Crippen MR) is 112 cm³/mol. The van der Waals surface area contributed by atoms with Crippen LogP contribution in [0, 0.1) is 6.92 Å². The summed E-state index contributed by atoms with van der Waals surface area (Å²) in [6, 6.07) is 12.2. The number of hydrogen-bond donors (Lipinski definition) is 0. The molecule has 0 spiro atoms. The summed E-state index contributed by atoms with van der Waals surface area (Å²) in [6.45, 7) is 13.4. The van der Waals surface area contributed by atoms with E-state index in [9.17, 15) is 0 Å².